The Hall–Kier alpha value is -1.63. The fourth-order valence-electron chi connectivity index (χ4n) is 3.03. The number of aliphatic hydroxyl groups excluding tert-OH is 1. The minimum atomic E-state index is -0.369. The summed E-state index contributed by atoms with van der Waals surface area (Å²) in [5, 5.41) is 28.4. The zero-order valence-corrected chi connectivity index (χ0v) is 12.7. The Morgan fingerprint density at radius 1 is 1.52 bits per heavy atom. The van der Waals surface area contributed by atoms with E-state index in [0.29, 0.717) is 30.5 Å². The number of rotatable bonds is 6. The van der Waals surface area contributed by atoms with Crippen LogP contribution in [0.15, 0.2) is 0 Å². The summed E-state index contributed by atoms with van der Waals surface area (Å²) in [6.07, 6.45) is 4.34. The van der Waals surface area contributed by atoms with E-state index >= 15 is 0 Å². The van der Waals surface area contributed by atoms with Crippen LogP contribution < -0.4 is 5.32 Å². The molecule has 21 heavy (non-hydrogen) atoms. The van der Waals surface area contributed by atoms with Gasteiger partial charge in [-0.1, -0.05) is 13.3 Å². The topological polar surface area (TPSA) is 93.2 Å². The molecule has 2 rings (SSSR count). The van der Waals surface area contributed by atoms with Gasteiger partial charge in [-0.15, -0.1) is 0 Å². The highest BCUT2D eigenvalue weighted by molar-refractivity contribution is 5.59. The molecule has 1 aromatic heterocycles. The maximum Gasteiger partial charge on any atom is 0.333 e. The van der Waals surface area contributed by atoms with E-state index < -0.39 is 0 Å². The second kappa shape index (κ2) is 6.89. The summed E-state index contributed by atoms with van der Waals surface area (Å²) in [5.41, 5.74) is 0.513. The lowest BCUT2D eigenvalue weighted by molar-refractivity contribution is -0.384. The minimum absolute atomic E-state index is 0.0693. The average molecular weight is 296 g/mol. The van der Waals surface area contributed by atoms with Gasteiger partial charge in [0.1, 0.15) is 5.69 Å². The van der Waals surface area contributed by atoms with Crippen LogP contribution in [0.3, 0.4) is 0 Å². The Morgan fingerprint density at radius 2 is 2.29 bits per heavy atom. The van der Waals surface area contributed by atoms with E-state index in [1.807, 2.05) is 6.92 Å². The molecule has 1 fully saturated rings. The van der Waals surface area contributed by atoms with Crippen molar-refractivity contribution in [3.63, 3.8) is 0 Å². The van der Waals surface area contributed by atoms with Gasteiger partial charge in [0, 0.05) is 13.1 Å². The van der Waals surface area contributed by atoms with Crippen molar-refractivity contribution in [3.05, 3.63) is 15.8 Å². The number of hydrogen-bond acceptors (Lipinski definition) is 5. The molecule has 1 aliphatic carbocycles. The van der Waals surface area contributed by atoms with Crippen molar-refractivity contribution in [2.45, 2.75) is 58.6 Å². The number of nitro groups is 1. The zero-order chi connectivity index (χ0) is 15.4. The first kappa shape index (κ1) is 15.8. The van der Waals surface area contributed by atoms with Crippen LogP contribution in [0, 0.1) is 23.0 Å². The first-order valence-electron chi connectivity index (χ1n) is 7.66. The molecule has 1 aromatic rings. The number of hydrogen-bond donors (Lipinski definition) is 2. The van der Waals surface area contributed by atoms with E-state index in [9.17, 15) is 15.2 Å². The van der Waals surface area contributed by atoms with Gasteiger partial charge < -0.3 is 10.4 Å². The lowest BCUT2D eigenvalue weighted by Crippen LogP contribution is -2.25. The summed E-state index contributed by atoms with van der Waals surface area (Å²) in [6, 6.07) is 0. The Balaban J connectivity index is 2.11. The van der Waals surface area contributed by atoms with Crippen molar-refractivity contribution in [1.29, 1.82) is 0 Å². The molecule has 0 amide bonds. The molecule has 2 unspecified atom stereocenters. The van der Waals surface area contributed by atoms with Crippen molar-refractivity contribution in [1.82, 2.24) is 9.78 Å². The van der Waals surface area contributed by atoms with Crippen LogP contribution in [0.2, 0.25) is 0 Å². The van der Waals surface area contributed by atoms with Crippen molar-refractivity contribution in [2.24, 2.45) is 5.92 Å². The second-order valence-electron chi connectivity index (χ2n) is 5.83. The molecule has 7 nitrogen and oxygen atoms in total. The number of aliphatic hydroxyl groups is 1. The van der Waals surface area contributed by atoms with Gasteiger partial charge in [0.05, 0.1) is 11.0 Å². The maximum absolute atomic E-state index is 11.2. The third-order valence-corrected chi connectivity index (χ3v) is 4.03. The third kappa shape index (κ3) is 3.72. The Bertz CT molecular complexity index is 501. The molecule has 2 N–H and O–H groups in total. The molecule has 1 heterocycles. The molecule has 7 heteroatoms. The fourth-order valence-corrected chi connectivity index (χ4v) is 3.03. The Labute approximate surface area is 124 Å². The summed E-state index contributed by atoms with van der Waals surface area (Å²) >= 11 is 0. The highest BCUT2D eigenvalue weighted by atomic mass is 16.6. The van der Waals surface area contributed by atoms with E-state index in [2.05, 4.69) is 10.4 Å². The Morgan fingerprint density at radius 3 is 2.90 bits per heavy atom. The lowest BCUT2D eigenvalue weighted by Gasteiger charge is -2.26. The van der Waals surface area contributed by atoms with Crippen LogP contribution in [-0.4, -0.2) is 32.5 Å². The number of aryl methyl sites for hydroxylation is 2. The summed E-state index contributed by atoms with van der Waals surface area (Å²) in [4.78, 5) is 10.9. The van der Waals surface area contributed by atoms with Gasteiger partial charge in [-0.2, -0.15) is 5.10 Å². The van der Waals surface area contributed by atoms with E-state index in [1.165, 1.54) is 0 Å². The van der Waals surface area contributed by atoms with Gasteiger partial charge in [-0.25, -0.2) is 4.68 Å². The van der Waals surface area contributed by atoms with E-state index in [4.69, 9.17) is 0 Å². The van der Waals surface area contributed by atoms with Gasteiger partial charge in [0.25, 0.3) is 0 Å². The monoisotopic (exact) mass is 296 g/mol. The quantitative estimate of drug-likeness (QED) is 0.621. The van der Waals surface area contributed by atoms with Crippen LogP contribution >= 0.6 is 0 Å². The average Bonchev–Trinajstić information content (AvgIpc) is 2.73. The van der Waals surface area contributed by atoms with Gasteiger partial charge in [0.2, 0.25) is 5.82 Å². The van der Waals surface area contributed by atoms with Gasteiger partial charge in [-0.3, -0.25) is 10.1 Å². The zero-order valence-electron chi connectivity index (χ0n) is 12.7. The van der Waals surface area contributed by atoms with Crippen molar-refractivity contribution in [3.8, 4) is 0 Å². The number of anilines is 1. The summed E-state index contributed by atoms with van der Waals surface area (Å²) < 4.78 is 1.69. The van der Waals surface area contributed by atoms with E-state index in [-0.39, 0.29) is 16.7 Å². The number of aromatic nitrogens is 2. The largest absolute Gasteiger partial charge is 0.393 e. The molecule has 0 aliphatic heterocycles. The number of nitrogens with zero attached hydrogens (tertiary/aromatic N) is 3. The molecule has 0 radical (unpaired) electrons. The van der Waals surface area contributed by atoms with Crippen LogP contribution in [0.25, 0.3) is 0 Å². The normalized spacial score (nSPS) is 22.2. The first-order chi connectivity index (χ1) is 10.0. The summed E-state index contributed by atoms with van der Waals surface area (Å²) in [5.74, 6) is 0.859. The van der Waals surface area contributed by atoms with E-state index in [0.717, 1.165) is 32.1 Å². The first-order valence-corrected chi connectivity index (χ1v) is 7.66. The molecule has 118 valence electrons. The van der Waals surface area contributed by atoms with Crippen LogP contribution in [0.1, 0.15) is 44.7 Å². The van der Waals surface area contributed by atoms with Gasteiger partial charge in [0.15, 0.2) is 0 Å². The van der Waals surface area contributed by atoms with Crippen LogP contribution in [-0.2, 0) is 6.54 Å². The van der Waals surface area contributed by atoms with E-state index in [1.54, 1.807) is 11.6 Å². The minimum Gasteiger partial charge on any atom is -0.393 e. The molecular weight excluding hydrogens is 272 g/mol. The predicted molar refractivity (Wildman–Crippen MR) is 80.4 cm³/mol. The van der Waals surface area contributed by atoms with Crippen LogP contribution in [0.5, 0.6) is 0 Å². The van der Waals surface area contributed by atoms with Crippen molar-refractivity contribution < 1.29 is 10.0 Å². The van der Waals surface area contributed by atoms with Gasteiger partial charge >= 0.3 is 5.69 Å². The SMILES string of the molecule is CCCn1nc(C)c([N+](=O)[O-])c1NCC1CCCC(O)C1. The van der Waals surface area contributed by atoms with Crippen molar-refractivity contribution >= 4 is 11.5 Å². The summed E-state index contributed by atoms with van der Waals surface area (Å²) in [6.45, 7) is 4.99. The highest BCUT2D eigenvalue weighted by Crippen LogP contribution is 2.30. The molecule has 0 spiro atoms. The van der Waals surface area contributed by atoms with Gasteiger partial charge in [-0.05, 0) is 38.5 Å². The lowest BCUT2D eigenvalue weighted by atomic mass is 9.87. The number of nitrogens with one attached hydrogen (secondary N) is 1. The molecular formula is C14H24N4O3. The van der Waals surface area contributed by atoms with Crippen LogP contribution in [0.4, 0.5) is 11.5 Å². The standard InChI is InChI=1S/C14H24N4O3/c1-3-7-17-14(13(18(20)21)10(2)16-17)15-9-11-5-4-6-12(19)8-11/h11-12,15,19H,3-9H2,1-2H3. The molecule has 0 aromatic carbocycles. The Kier molecular flexibility index (Phi) is 5.17. The molecule has 0 saturated heterocycles. The predicted octanol–water partition coefficient (Wildman–Crippen LogP) is 2.47. The highest BCUT2D eigenvalue weighted by Gasteiger charge is 2.26. The smallest absolute Gasteiger partial charge is 0.333 e. The fraction of sp³-hybridized carbons (Fsp3) is 0.786. The molecule has 1 aliphatic rings. The molecule has 2 atom stereocenters. The molecule has 0 bridgehead atoms. The maximum atomic E-state index is 11.2. The van der Waals surface area contributed by atoms with Crippen molar-refractivity contribution in [2.75, 3.05) is 11.9 Å². The summed E-state index contributed by atoms with van der Waals surface area (Å²) in [7, 11) is 0. The third-order valence-electron chi connectivity index (χ3n) is 4.03. The molecule has 1 saturated carbocycles. The second-order valence-corrected chi connectivity index (χ2v) is 5.83.